The molecule has 0 saturated carbocycles. The first kappa shape index (κ1) is 22.6. The molecule has 33 heavy (non-hydrogen) atoms. The molecule has 3 amide bonds. The fraction of sp³-hybridized carbons (Fsp3) is 0.200. The number of nitrogens with zero attached hydrogens (tertiary/aromatic N) is 2. The largest absolute Gasteiger partial charge is 0.368 e. The summed E-state index contributed by atoms with van der Waals surface area (Å²) in [5, 5.41) is 6.27. The zero-order valence-electron chi connectivity index (χ0n) is 17.9. The highest BCUT2D eigenvalue weighted by Crippen LogP contribution is 2.21. The molecule has 1 heterocycles. The van der Waals surface area contributed by atoms with Crippen LogP contribution in [-0.4, -0.2) is 43.0 Å². The Morgan fingerprint density at radius 1 is 0.909 bits per heavy atom. The van der Waals surface area contributed by atoms with E-state index in [2.05, 4.69) is 15.5 Å². The van der Waals surface area contributed by atoms with Gasteiger partial charge in [-0.15, -0.1) is 0 Å². The van der Waals surface area contributed by atoms with Gasteiger partial charge in [0, 0.05) is 60.2 Å². The summed E-state index contributed by atoms with van der Waals surface area (Å²) in [4.78, 5) is 28.9. The summed E-state index contributed by atoms with van der Waals surface area (Å²) in [6.07, 6.45) is 0. The van der Waals surface area contributed by atoms with Gasteiger partial charge in [-0.3, -0.25) is 4.79 Å². The van der Waals surface area contributed by atoms with Crippen molar-refractivity contribution in [1.82, 2.24) is 10.2 Å². The van der Waals surface area contributed by atoms with E-state index in [9.17, 15) is 14.0 Å². The molecule has 2 N–H and O–H groups in total. The molecule has 0 bridgehead atoms. The van der Waals surface area contributed by atoms with E-state index in [-0.39, 0.29) is 24.3 Å². The summed E-state index contributed by atoms with van der Waals surface area (Å²) in [7, 11) is 0. The molecule has 3 aromatic rings. The molecular formula is C25H24ClFN4O2. The molecule has 1 saturated heterocycles. The Bertz CT molecular complexity index is 1130. The number of rotatable bonds is 5. The van der Waals surface area contributed by atoms with E-state index in [0.717, 1.165) is 18.8 Å². The monoisotopic (exact) mass is 466 g/mol. The summed E-state index contributed by atoms with van der Waals surface area (Å²) < 4.78 is 13.7. The van der Waals surface area contributed by atoms with Crippen LogP contribution in [0.4, 0.5) is 20.6 Å². The number of urea groups is 1. The molecule has 0 unspecified atom stereocenters. The van der Waals surface area contributed by atoms with Crippen LogP contribution < -0.4 is 15.5 Å². The second-order valence-corrected chi connectivity index (χ2v) is 8.17. The molecule has 1 fully saturated rings. The molecule has 1 aliphatic heterocycles. The van der Waals surface area contributed by atoms with Crippen molar-refractivity contribution in [3.05, 3.63) is 94.8 Å². The highest BCUT2D eigenvalue weighted by atomic mass is 35.5. The van der Waals surface area contributed by atoms with Gasteiger partial charge in [-0.25, -0.2) is 9.18 Å². The van der Waals surface area contributed by atoms with E-state index >= 15 is 0 Å². The summed E-state index contributed by atoms with van der Waals surface area (Å²) in [5.74, 6) is -0.669. The first-order valence-electron chi connectivity index (χ1n) is 10.7. The third-order valence-corrected chi connectivity index (χ3v) is 5.77. The molecule has 0 spiro atoms. The Labute approximate surface area is 197 Å². The van der Waals surface area contributed by atoms with Gasteiger partial charge in [0.05, 0.1) is 0 Å². The lowest BCUT2D eigenvalue weighted by atomic mass is 10.1. The predicted molar refractivity (Wildman–Crippen MR) is 128 cm³/mol. The van der Waals surface area contributed by atoms with Crippen LogP contribution >= 0.6 is 11.6 Å². The standard InChI is InChI=1S/C25H24ClFN4O2/c26-20-5-3-6-22(16-20)30-12-14-31(15-13-30)25(33)29-21-10-8-18(9-11-21)24(32)28-17-19-4-1-2-7-23(19)27/h1-11,16H,12-15,17H2,(H,28,32)(H,29,33). The number of hydrogen-bond donors (Lipinski definition) is 2. The summed E-state index contributed by atoms with van der Waals surface area (Å²) >= 11 is 6.07. The minimum Gasteiger partial charge on any atom is -0.368 e. The van der Waals surface area contributed by atoms with E-state index < -0.39 is 0 Å². The van der Waals surface area contributed by atoms with Gasteiger partial charge in [0.15, 0.2) is 0 Å². The van der Waals surface area contributed by atoms with Crippen LogP contribution in [0.25, 0.3) is 0 Å². The van der Waals surface area contributed by atoms with Gasteiger partial charge in [-0.2, -0.15) is 0 Å². The maximum Gasteiger partial charge on any atom is 0.321 e. The lowest BCUT2D eigenvalue weighted by molar-refractivity contribution is 0.0950. The van der Waals surface area contributed by atoms with Crippen molar-refractivity contribution in [2.45, 2.75) is 6.54 Å². The third kappa shape index (κ3) is 5.81. The highest BCUT2D eigenvalue weighted by molar-refractivity contribution is 6.30. The van der Waals surface area contributed by atoms with Crippen LogP contribution in [-0.2, 0) is 6.54 Å². The average molecular weight is 467 g/mol. The SMILES string of the molecule is O=C(NCc1ccccc1F)c1ccc(NC(=O)N2CCN(c3cccc(Cl)c3)CC2)cc1. The Balaban J connectivity index is 1.27. The number of piperazine rings is 1. The fourth-order valence-electron chi connectivity index (χ4n) is 3.67. The van der Waals surface area contributed by atoms with Gasteiger partial charge >= 0.3 is 6.03 Å². The molecule has 0 radical (unpaired) electrons. The molecule has 3 aromatic carbocycles. The minimum absolute atomic E-state index is 0.102. The number of hydrogen-bond acceptors (Lipinski definition) is 3. The van der Waals surface area contributed by atoms with Crippen molar-refractivity contribution in [3.63, 3.8) is 0 Å². The average Bonchev–Trinajstić information content (AvgIpc) is 2.84. The minimum atomic E-state index is -0.357. The van der Waals surface area contributed by atoms with E-state index in [1.165, 1.54) is 6.07 Å². The number of carbonyl (C=O) groups is 2. The molecule has 0 atom stereocenters. The van der Waals surface area contributed by atoms with Crippen molar-refractivity contribution in [2.24, 2.45) is 0 Å². The zero-order valence-corrected chi connectivity index (χ0v) is 18.7. The second kappa shape index (κ2) is 10.4. The van der Waals surface area contributed by atoms with Gasteiger partial charge < -0.3 is 20.4 Å². The van der Waals surface area contributed by atoms with Crippen LogP contribution in [0, 0.1) is 5.82 Å². The van der Waals surface area contributed by atoms with Crippen molar-refractivity contribution in [3.8, 4) is 0 Å². The first-order valence-corrected chi connectivity index (χ1v) is 11.1. The lowest BCUT2D eigenvalue weighted by Crippen LogP contribution is -2.50. The van der Waals surface area contributed by atoms with Crippen molar-refractivity contribution >= 4 is 34.9 Å². The van der Waals surface area contributed by atoms with E-state index in [1.54, 1.807) is 47.4 Å². The van der Waals surface area contributed by atoms with Gasteiger partial charge in [0.2, 0.25) is 0 Å². The second-order valence-electron chi connectivity index (χ2n) is 7.74. The first-order chi connectivity index (χ1) is 16.0. The van der Waals surface area contributed by atoms with E-state index in [1.807, 2.05) is 24.3 Å². The lowest BCUT2D eigenvalue weighted by Gasteiger charge is -2.36. The molecule has 8 heteroatoms. The van der Waals surface area contributed by atoms with Crippen LogP contribution in [0.1, 0.15) is 15.9 Å². The summed E-state index contributed by atoms with van der Waals surface area (Å²) in [6.45, 7) is 2.72. The molecule has 0 aliphatic carbocycles. The van der Waals surface area contributed by atoms with Crippen LogP contribution in [0.15, 0.2) is 72.8 Å². The van der Waals surface area contributed by atoms with Crippen molar-refractivity contribution < 1.29 is 14.0 Å². The van der Waals surface area contributed by atoms with Crippen LogP contribution in [0.3, 0.4) is 0 Å². The maximum absolute atomic E-state index is 13.7. The number of benzene rings is 3. The number of carbonyl (C=O) groups excluding carboxylic acids is 2. The normalized spacial score (nSPS) is 13.5. The Morgan fingerprint density at radius 2 is 1.64 bits per heavy atom. The summed E-state index contributed by atoms with van der Waals surface area (Å²) in [5.41, 5.74) is 2.50. The topological polar surface area (TPSA) is 64.7 Å². The zero-order chi connectivity index (χ0) is 23.2. The Hall–Kier alpha value is -3.58. The number of nitrogens with one attached hydrogen (secondary N) is 2. The maximum atomic E-state index is 13.7. The quantitative estimate of drug-likeness (QED) is 0.569. The molecule has 6 nitrogen and oxygen atoms in total. The number of amides is 3. The van der Waals surface area contributed by atoms with E-state index in [4.69, 9.17) is 11.6 Å². The molecule has 0 aromatic heterocycles. The molecule has 1 aliphatic rings. The van der Waals surface area contributed by atoms with Crippen LogP contribution in [0.5, 0.6) is 0 Å². The Kier molecular flexibility index (Phi) is 7.10. The Morgan fingerprint density at radius 3 is 2.33 bits per heavy atom. The third-order valence-electron chi connectivity index (χ3n) is 5.54. The van der Waals surface area contributed by atoms with Crippen molar-refractivity contribution in [1.29, 1.82) is 0 Å². The number of anilines is 2. The highest BCUT2D eigenvalue weighted by Gasteiger charge is 2.21. The predicted octanol–water partition coefficient (Wildman–Crippen LogP) is 4.76. The van der Waals surface area contributed by atoms with Crippen LogP contribution in [0.2, 0.25) is 5.02 Å². The van der Waals surface area contributed by atoms with Gasteiger partial charge in [0.1, 0.15) is 5.82 Å². The van der Waals surface area contributed by atoms with Crippen molar-refractivity contribution in [2.75, 3.05) is 36.4 Å². The van der Waals surface area contributed by atoms with E-state index in [0.29, 0.717) is 34.9 Å². The molecular weight excluding hydrogens is 443 g/mol. The fourth-order valence-corrected chi connectivity index (χ4v) is 3.85. The number of halogens is 2. The van der Waals surface area contributed by atoms with Gasteiger partial charge in [-0.05, 0) is 48.5 Å². The summed E-state index contributed by atoms with van der Waals surface area (Å²) in [6, 6.07) is 20.4. The molecule has 4 rings (SSSR count). The van der Waals surface area contributed by atoms with Gasteiger partial charge in [-0.1, -0.05) is 35.9 Å². The van der Waals surface area contributed by atoms with Gasteiger partial charge in [0.25, 0.3) is 5.91 Å². The smallest absolute Gasteiger partial charge is 0.321 e. The molecule has 170 valence electrons.